The Balaban J connectivity index is 2.08. The summed E-state index contributed by atoms with van der Waals surface area (Å²) in [6.07, 6.45) is 4.23. The van der Waals surface area contributed by atoms with E-state index < -0.39 is 7.34 Å². The summed E-state index contributed by atoms with van der Waals surface area (Å²) < 4.78 is 12.5. The van der Waals surface area contributed by atoms with Gasteiger partial charge in [0.05, 0.1) is 5.92 Å². The minimum Gasteiger partial charge on any atom is -0.417 e. The molecule has 0 saturated heterocycles. The summed E-state index contributed by atoms with van der Waals surface area (Å²) in [5, 5.41) is 1.80. The van der Waals surface area contributed by atoms with Crippen molar-refractivity contribution in [3.8, 4) is 0 Å². The summed E-state index contributed by atoms with van der Waals surface area (Å²) in [5.41, 5.74) is 4.11. The Bertz CT molecular complexity index is 1200. The summed E-state index contributed by atoms with van der Waals surface area (Å²) in [5.74, 6) is -0.539. The van der Waals surface area contributed by atoms with Crippen molar-refractivity contribution >= 4 is 29.5 Å². The minimum atomic E-state index is -2.95. The zero-order valence-electron chi connectivity index (χ0n) is 18.6. The number of hydrogen-bond acceptors (Lipinski definition) is 3. The monoisotopic (exact) mass is 442 g/mol. The van der Waals surface area contributed by atoms with Crippen molar-refractivity contribution in [2.24, 2.45) is 5.92 Å². The lowest BCUT2D eigenvalue weighted by Gasteiger charge is -2.33. The highest BCUT2D eigenvalue weighted by Gasteiger charge is 2.37. The first kappa shape index (κ1) is 22.1. The first-order valence-electron chi connectivity index (χ1n) is 10.7. The number of allylic oxidation sites excluding steroid dienone is 3. The van der Waals surface area contributed by atoms with Crippen molar-refractivity contribution in [3.63, 3.8) is 0 Å². The molecule has 0 amide bonds. The molecule has 4 heteroatoms. The molecule has 3 aromatic rings. The van der Waals surface area contributed by atoms with E-state index in [1.807, 2.05) is 92.7 Å². The predicted octanol–water partition coefficient (Wildman–Crippen LogP) is 7.04. The van der Waals surface area contributed by atoms with Gasteiger partial charge in [-0.2, -0.15) is 0 Å². The van der Waals surface area contributed by atoms with Crippen LogP contribution in [0.25, 0.3) is 10.9 Å². The van der Waals surface area contributed by atoms with Crippen LogP contribution in [-0.4, -0.2) is 18.4 Å². The second-order valence-corrected chi connectivity index (χ2v) is 10.5. The maximum absolute atomic E-state index is 12.9. The van der Waals surface area contributed by atoms with Gasteiger partial charge in [0.15, 0.2) is 0 Å². The third kappa shape index (κ3) is 4.27. The zero-order chi connectivity index (χ0) is 22.6. The van der Waals surface area contributed by atoms with E-state index in [1.54, 1.807) is 7.11 Å². The fourth-order valence-corrected chi connectivity index (χ4v) is 6.71. The Kier molecular flexibility index (Phi) is 6.60. The maximum Gasteiger partial charge on any atom is 0.313 e. The Morgan fingerprint density at radius 3 is 1.72 bits per heavy atom. The highest BCUT2D eigenvalue weighted by molar-refractivity contribution is 7.78. The van der Waals surface area contributed by atoms with Crippen molar-refractivity contribution in [2.45, 2.75) is 13.8 Å². The molecule has 0 aromatic heterocycles. The van der Waals surface area contributed by atoms with Gasteiger partial charge in [0.1, 0.15) is 0 Å². The number of benzene rings is 3. The molecule has 0 radical (unpaired) electrons. The molecule has 1 aliphatic rings. The van der Waals surface area contributed by atoms with Gasteiger partial charge in [-0.15, -0.1) is 0 Å². The van der Waals surface area contributed by atoms with Crippen LogP contribution in [0.1, 0.15) is 30.5 Å². The molecule has 162 valence electrons. The smallest absolute Gasteiger partial charge is 0.313 e. The Labute approximate surface area is 190 Å². The van der Waals surface area contributed by atoms with Gasteiger partial charge in [-0.05, 0) is 34.4 Å². The molecule has 1 heterocycles. The molecule has 0 aliphatic carbocycles. The predicted molar refractivity (Wildman–Crippen MR) is 134 cm³/mol. The minimum absolute atomic E-state index is 0.268. The topological polar surface area (TPSA) is 35.5 Å². The van der Waals surface area contributed by atoms with Crippen molar-refractivity contribution in [3.05, 3.63) is 120 Å². The molecule has 1 aliphatic heterocycles. The third-order valence-corrected chi connectivity index (χ3v) is 8.41. The quantitative estimate of drug-likeness (QED) is 0.384. The summed E-state index contributed by atoms with van der Waals surface area (Å²) in [4.78, 5) is 12.9. The summed E-state index contributed by atoms with van der Waals surface area (Å²) in [6.45, 7) is 3.69. The Morgan fingerprint density at radius 2 is 1.22 bits per heavy atom. The number of carbonyl (C=O) groups is 1. The van der Waals surface area contributed by atoms with Gasteiger partial charge in [-0.1, -0.05) is 105 Å². The lowest BCUT2D eigenvalue weighted by molar-refractivity contribution is -0.137. The fourth-order valence-electron chi connectivity index (χ4n) is 3.72. The van der Waals surface area contributed by atoms with E-state index in [0.29, 0.717) is 0 Å². The maximum atomic E-state index is 12.9. The second-order valence-electron chi connectivity index (χ2n) is 7.91. The normalized spacial score (nSPS) is 18.2. The highest BCUT2D eigenvalue weighted by atomic mass is 31.2. The fraction of sp³-hybridized carbons (Fsp3) is 0.143. The molecular weight excluding hydrogens is 415 g/mol. The van der Waals surface area contributed by atoms with E-state index >= 15 is 0 Å². The number of hydrogen-bond donors (Lipinski definition) is 0. The lowest BCUT2D eigenvalue weighted by Crippen LogP contribution is -2.17. The van der Waals surface area contributed by atoms with Crippen LogP contribution in [0.15, 0.2) is 103 Å². The van der Waals surface area contributed by atoms with Crippen molar-refractivity contribution < 1.29 is 13.8 Å². The Hall–Kier alpha value is -3.13. The molecule has 0 N–H and O–H groups in total. The summed E-state index contributed by atoms with van der Waals surface area (Å²) in [7, 11) is -1.31. The van der Waals surface area contributed by atoms with E-state index in [-0.39, 0.29) is 11.9 Å². The summed E-state index contributed by atoms with van der Waals surface area (Å²) >= 11 is 0. The highest BCUT2D eigenvalue weighted by Crippen LogP contribution is 2.66. The van der Waals surface area contributed by atoms with Crippen LogP contribution in [0, 0.1) is 5.92 Å². The van der Waals surface area contributed by atoms with Crippen molar-refractivity contribution in [2.75, 3.05) is 7.11 Å². The van der Waals surface area contributed by atoms with Crippen LogP contribution in [0.3, 0.4) is 0 Å². The van der Waals surface area contributed by atoms with Gasteiger partial charge in [-0.25, -0.2) is 0 Å². The van der Waals surface area contributed by atoms with Crippen LogP contribution in [-0.2, 0) is 13.8 Å². The molecule has 0 spiro atoms. The molecule has 3 aromatic carbocycles. The van der Waals surface area contributed by atoms with E-state index in [0.717, 1.165) is 32.9 Å². The second kappa shape index (κ2) is 9.56. The van der Waals surface area contributed by atoms with Gasteiger partial charge in [-0.3, -0.25) is 4.79 Å². The van der Waals surface area contributed by atoms with Gasteiger partial charge >= 0.3 is 5.97 Å². The van der Waals surface area contributed by atoms with Gasteiger partial charge in [0.25, 0.3) is 0 Å². The molecule has 3 nitrogen and oxygen atoms in total. The van der Waals surface area contributed by atoms with Gasteiger partial charge in [0, 0.05) is 17.7 Å². The van der Waals surface area contributed by atoms with Gasteiger partial charge in [0.2, 0.25) is 7.34 Å². The molecule has 4 rings (SSSR count). The van der Waals surface area contributed by atoms with Crippen LogP contribution in [0.5, 0.6) is 0 Å². The van der Waals surface area contributed by atoms with Gasteiger partial charge < -0.3 is 9.05 Å². The van der Waals surface area contributed by atoms with E-state index in [1.165, 1.54) is 0 Å². The van der Waals surface area contributed by atoms with E-state index in [2.05, 4.69) is 24.3 Å². The summed E-state index contributed by atoms with van der Waals surface area (Å²) in [6, 6.07) is 30.3. The SMILES string of the molecule is COP1(OC(=O)C(C)C)=C(c2ccccc2)C=C(c2ccccc2)C=C1c1ccccc1. The molecule has 0 saturated carbocycles. The first-order valence-corrected chi connectivity index (χ1v) is 12.3. The van der Waals surface area contributed by atoms with Crippen LogP contribution in [0.2, 0.25) is 0 Å². The Morgan fingerprint density at radius 1 is 0.719 bits per heavy atom. The molecule has 0 bridgehead atoms. The van der Waals surface area contributed by atoms with Crippen molar-refractivity contribution in [1.82, 2.24) is 0 Å². The standard InChI is InChI=1S/C28H27O3P/c1-21(2)28(29)31-32(30-3)26(23-15-9-5-10-16-23)19-25(22-13-7-4-8-14-22)20-27(32)24-17-11-6-12-18-24/h4-21H,1-3H3. The molecular formula is C28H27O3P. The molecule has 1 unspecified atom stereocenters. The van der Waals surface area contributed by atoms with Crippen LogP contribution in [0.4, 0.5) is 0 Å². The molecule has 1 atom stereocenters. The average Bonchev–Trinajstić information content (AvgIpc) is 2.85. The third-order valence-electron chi connectivity index (χ3n) is 5.41. The largest absolute Gasteiger partial charge is 0.417 e. The van der Waals surface area contributed by atoms with Crippen molar-refractivity contribution in [1.29, 1.82) is 0 Å². The number of rotatable bonds is 6. The molecule has 0 fully saturated rings. The lowest BCUT2D eigenvalue weighted by atomic mass is 10.0. The van der Waals surface area contributed by atoms with E-state index in [4.69, 9.17) is 9.05 Å². The van der Waals surface area contributed by atoms with Crippen LogP contribution >= 0.6 is 7.34 Å². The van der Waals surface area contributed by atoms with Crippen LogP contribution < -0.4 is 0 Å². The number of carbonyl (C=O) groups excluding carboxylic acids is 1. The average molecular weight is 442 g/mol. The van der Waals surface area contributed by atoms with E-state index in [9.17, 15) is 4.79 Å². The zero-order valence-corrected chi connectivity index (χ0v) is 19.5. The molecule has 32 heavy (non-hydrogen) atoms. The first-order chi connectivity index (χ1) is 15.5.